The van der Waals surface area contributed by atoms with Crippen LogP contribution in [-0.4, -0.2) is 6.54 Å². The zero-order chi connectivity index (χ0) is 14.1. The van der Waals surface area contributed by atoms with Gasteiger partial charge in [-0.25, -0.2) is 0 Å². The van der Waals surface area contributed by atoms with Crippen LogP contribution in [0.2, 0.25) is 0 Å². The Morgan fingerprint density at radius 2 is 1.63 bits per heavy atom. The summed E-state index contributed by atoms with van der Waals surface area (Å²) in [6.07, 6.45) is 5.12. The molecular formula is C18H31N. The summed E-state index contributed by atoms with van der Waals surface area (Å²) < 4.78 is 0. The molecule has 19 heavy (non-hydrogen) atoms. The van der Waals surface area contributed by atoms with Gasteiger partial charge >= 0.3 is 0 Å². The molecule has 2 atom stereocenters. The molecule has 1 aromatic rings. The predicted molar refractivity (Wildman–Crippen MR) is 85.3 cm³/mol. The highest BCUT2D eigenvalue weighted by atomic mass is 14.9. The Bertz CT molecular complexity index is 316. The van der Waals surface area contributed by atoms with Crippen molar-refractivity contribution in [3.63, 3.8) is 0 Å². The van der Waals surface area contributed by atoms with Crippen LogP contribution in [0, 0.1) is 11.8 Å². The number of hydrogen-bond acceptors (Lipinski definition) is 1. The van der Waals surface area contributed by atoms with Crippen LogP contribution in [0.1, 0.15) is 65.0 Å². The standard InChI is InChI=1S/C18H31N/c1-5-13-19-18(17-11-9-8-10-12-17)15(4)14-16(6-2)7-3/h8-12,15-16,18-19H,5-7,13-14H2,1-4H3. The van der Waals surface area contributed by atoms with Crippen LogP contribution in [0.25, 0.3) is 0 Å². The number of hydrogen-bond donors (Lipinski definition) is 1. The third-order valence-corrected chi connectivity index (χ3v) is 4.20. The van der Waals surface area contributed by atoms with E-state index in [-0.39, 0.29) is 0 Å². The molecule has 0 bridgehead atoms. The molecule has 1 nitrogen and oxygen atoms in total. The lowest BCUT2D eigenvalue weighted by atomic mass is 9.84. The lowest BCUT2D eigenvalue weighted by Crippen LogP contribution is -2.28. The molecule has 108 valence electrons. The fraction of sp³-hybridized carbons (Fsp3) is 0.667. The summed E-state index contributed by atoms with van der Waals surface area (Å²) >= 11 is 0. The molecule has 2 unspecified atom stereocenters. The van der Waals surface area contributed by atoms with Crippen LogP contribution >= 0.6 is 0 Å². The van der Waals surface area contributed by atoms with E-state index < -0.39 is 0 Å². The Hall–Kier alpha value is -0.820. The topological polar surface area (TPSA) is 12.0 Å². The Labute approximate surface area is 119 Å². The first kappa shape index (κ1) is 16.2. The Balaban J connectivity index is 2.73. The maximum Gasteiger partial charge on any atom is 0.0346 e. The molecule has 0 aromatic heterocycles. The first-order valence-corrected chi connectivity index (χ1v) is 8.01. The Morgan fingerprint density at radius 3 is 2.16 bits per heavy atom. The zero-order valence-corrected chi connectivity index (χ0v) is 13.2. The first-order chi connectivity index (χ1) is 9.22. The van der Waals surface area contributed by atoms with Gasteiger partial charge in [0.25, 0.3) is 0 Å². The van der Waals surface area contributed by atoms with Crippen molar-refractivity contribution < 1.29 is 0 Å². The third kappa shape index (κ3) is 5.36. The van der Waals surface area contributed by atoms with Crippen molar-refractivity contribution in [2.24, 2.45) is 11.8 Å². The molecule has 1 aromatic carbocycles. The van der Waals surface area contributed by atoms with Crippen molar-refractivity contribution in [3.8, 4) is 0 Å². The Kier molecular flexibility index (Phi) is 7.81. The molecule has 1 rings (SSSR count). The van der Waals surface area contributed by atoms with Crippen LogP contribution in [0.3, 0.4) is 0 Å². The number of rotatable bonds is 9. The minimum atomic E-state index is 0.502. The van der Waals surface area contributed by atoms with E-state index in [0.717, 1.165) is 12.5 Å². The minimum Gasteiger partial charge on any atom is -0.310 e. The summed E-state index contributed by atoms with van der Waals surface area (Å²) in [5, 5.41) is 3.74. The predicted octanol–water partition coefficient (Wildman–Crippen LogP) is 5.19. The summed E-state index contributed by atoms with van der Waals surface area (Å²) in [6, 6.07) is 11.4. The highest BCUT2D eigenvalue weighted by molar-refractivity contribution is 5.19. The van der Waals surface area contributed by atoms with Crippen LogP contribution in [-0.2, 0) is 0 Å². The van der Waals surface area contributed by atoms with Gasteiger partial charge in [-0.15, -0.1) is 0 Å². The normalized spacial score (nSPS) is 14.6. The monoisotopic (exact) mass is 261 g/mol. The number of nitrogens with one attached hydrogen (secondary N) is 1. The van der Waals surface area contributed by atoms with Crippen molar-refractivity contribution in [3.05, 3.63) is 35.9 Å². The fourth-order valence-corrected chi connectivity index (χ4v) is 2.89. The van der Waals surface area contributed by atoms with Gasteiger partial charge in [-0.3, -0.25) is 0 Å². The highest BCUT2D eigenvalue weighted by Gasteiger charge is 2.20. The van der Waals surface area contributed by atoms with E-state index in [0.29, 0.717) is 12.0 Å². The average molecular weight is 261 g/mol. The van der Waals surface area contributed by atoms with E-state index in [2.05, 4.69) is 63.3 Å². The van der Waals surface area contributed by atoms with E-state index in [9.17, 15) is 0 Å². The zero-order valence-electron chi connectivity index (χ0n) is 13.2. The van der Waals surface area contributed by atoms with Gasteiger partial charge in [0, 0.05) is 6.04 Å². The van der Waals surface area contributed by atoms with Gasteiger partial charge in [-0.05, 0) is 36.8 Å². The van der Waals surface area contributed by atoms with Gasteiger partial charge in [-0.1, -0.05) is 70.9 Å². The lowest BCUT2D eigenvalue weighted by molar-refractivity contribution is 0.298. The largest absolute Gasteiger partial charge is 0.310 e. The third-order valence-electron chi connectivity index (χ3n) is 4.20. The molecule has 0 radical (unpaired) electrons. The molecular weight excluding hydrogens is 230 g/mol. The molecule has 0 aliphatic rings. The molecule has 0 heterocycles. The van der Waals surface area contributed by atoms with Crippen molar-refractivity contribution in [1.82, 2.24) is 5.32 Å². The van der Waals surface area contributed by atoms with Gasteiger partial charge in [0.05, 0.1) is 0 Å². The van der Waals surface area contributed by atoms with Crippen molar-refractivity contribution in [1.29, 1.82) is 0 Å². The summed E-state index contributed by atoms with van der Waals surface area (Å²) in [4.78, 5) is 0. The average Bonchev–Trinajstić information content (AvgIpc) is 2.46. The van der Waals surface area contributed by atoms with Crippen LogP contribution in [0.15, 0.2) is 30.3 Å². The second kappa shape index (κ2) is 9.14. The summed E-state index contributed by atoms with van der Waals surface area (Å²) in [6.45, 7) is 10.4. The van der Waals surface area contributed by atoms with E-state index in [1.807, 2.05) is 0 Å². The maximum absolute atomic E-state index is 3.74. The smallest absolute Gasteiger partial charge is 0.0346 e. The molecule has 0 fully saturated rings. The van der Waals surface area contributed by atoms with E-state index in [4.69, 9.17) is 0 Å². The van der Waals surface area contributed by atoms with Crippen LogP contribution in [0.4, 0.5) is 0 Å². The molecule has 0 saturated carbocycles. The van der Waals surface area contributed by atoms with Gasteiger partial charge in [0.15, 0.2) is 0 Å². The fourth-order valence-electron chi connectivity index (χ4n) is 2.89. The van der Waals surface area contributed by atoms with E-state index in [1.165, 1.54) is 31.2 Å². The first-order valence-electron chi connectivity index (χ1n) is 8.01. The highest BCUT2D eigenvalue weighted by Crippen LogP contribution is 2.29. The summed E-state index contributed by atoms with van der Waals surface area (Å²) in [7, 11) is 0. The lowest BCUT2D eigenvalue weighted by Gasteiger charge is -2.28. The number of benzene rings is 1. The van der Waals surface area contributed by atoms with Crippen molar-refractivity contribution in [2.75, 3.05) is 6.54 Å². The molecule has 1 N–H and O–H groups in total. The quantitative estimate of drug-likeness (QED) is 0.645. The Morgan fingerprint density at radius 1 is 1.00 bits per heavy atom. The van der Waals surface area contributed by atoms with Gasteiger partial charge in [0.2, 0.25) is 0 Å². The van der Waals surface area contributed by atoms with E-state index in [1.54, 1.807) is 0 Å². The molecule has 0 amide bonds. The summed E-state index contributed by atoms with van der Waals surface area (Å²) in [5.41, 5.74) is 1.44. The second-order valence-corrected chi connectivity index (χ2v) is 5.74. The summed E-state index contributed by atoms with van der Waals surface area (Å²) in [5.74, 6) is 1.56. The van der Waals surface area contributed by atoms with Crippen LogP contribution < -0.4 is 5.32 Å². The molecule has 0 saturated heterocycles. The molecule has 0 aliphatic carbocycles. The van der Waals surface area contributed by atoms with Gasteiger partial charge in [-0.2, -0.15) is 0 Å². The van der Waals surface area contributed by atoms with Gasteiger partial charge < -0.3 is 5.32 Å². The SMILES string of the molecule is CCCNC(c1ccccc1)C(C)CC(CC)CC. The minimum absolute atomic E-state index is 0.502. The molecule has 0 aliphatic heterocycles. The van der Waals surface area contributed by atoms with Gasteiger partial charge in [0.1, 0.15) is 0 Å². The van der Waals surface area contributed by atoms with E-state index >= 15 is 0 Å². The molecule has 0 spiro atoms. The molecule has 1 heteroatoms. The van der Waals surface area contributed by atoms with Crippen LogP contribution in [0.5, 0.6) is 0 Å². The maximum atomic E-state index is 3.74. The van der Waals surface area contributed by atoms with Crippen molar-refractivity contribution in [2.45, 2.75) is 59.4 Å². The second-order valence-electron chi connectivity index (χ2n) is 5.74. The van der Waals surface area contributed by atoms with Crippen molar-refractivity contribution >= 4 is 0 Å².